The minimum absolute atomic E-state index is 0.0296. The van der Waals surface area contributed by atoms with E-state index < -0.39 is 0 Å². The lowest BCUT2D eigenvalue weighted by Gasteiger charge is -2.09. The van der Waals surface area contributed by atoms with Crippen LogP contribution in [-0.4, -0.2) is 19.1 Å². The first-order chi connectivity index (χ1) is 8.62. The molecule has 0 spiro atoms. The fraction of sp³-hybridized carbons (Fsp3) is 0.500. The van der Waals surface area contributed by atoms with Gasteiger partial charge in [0.1, 0.15) is 17.1 Å². The molecule has 1 aromatic heterocycles. The number of carbonyl (C=O) groups is 1. The smallest absolute Gasteiger partial charge is 0.341 e. The van der Waals surface area contributed by atoms with Gasteiger partial charge >= 0.3 is 5.97 Å². The zero-order valence-corrected chi connectivity index (χ0v) is 11.1. The van der Waals surface area contributed by atoms with Crippen LogP contribution in [0.25, 0.3) is 0 Å². The first-order valence-electron chi connectivity index (χ1n) is 5.99. The van der Waals surface area contributed by atoms with Gasteiger partial charge in [-0.1, -0.05) is 19.3 Å². The molecule has 0 fully saturated rings. The van der Waals surface area contributed by atoms with Crippen molar-refractivity contribution in [2.45, 2.75) is 39.3 Å². The van der Waals surface area contributed by atoms with Crippen molar-refractivity contribution in [1.82, 2.24) is 5.32 Å². The molecule has 18 heavy (non-hydrogen) atoms. The van der Waals surface area contributed by atoms with E-state index in [4.69, 9.17) is 10.8 Å². The molecular weight excluding hydrogens is 230 g/mol. The van der Waals surface area contributed by atoms with Crippen LogP contribution < -0.4 is 5.32 Å². The molecule has 98 valence electrons. The number of methoxy groups -OCH3 is 1. The summed E-state index contributed by atoms with van der Waals surface area (Å²) in [5.74, 6) is 3.55. The third kappa shape index (κ3) is 3.64. The Morgan fingerprint density at radius 3 is 2.94 bits per heavy atom. The molecule has 0 aromatic carbocycles. The quantitative estimate of drug-likeness (QED) is 0.620. The summed E-state index contributed by atoms with van der Waals surface area (Å²) in [5, 5.41) is 3.20. The van der Waals surface area contributed by atoms with Crippen LogP contribution in [-0.2, 0) is 11.3 Å². The third-order valence-electron chi connectivity index (χ3n) is 2.68. The van der Waals surface area contributed by atoms with Gasteiger partial charge in [0, 0.05) is 0 Å². The van der Waals surface area contributed by atoms with Gasteiger partial charge in [-0.05, 0) is 19.4 Å². The maximum Gasteiger partial charge on any atom is 0.341 e. The summed E-state index contributed by atoms with van der Waals surface area (Å²) >= 11 is 0. The molecule has 1 atom stereocenters. The molecule has 0 aliphatic carbocycles. The summed E-state index contributed by atoms with van der Waals surface area (Å²) in [5.41, 5.74) is 0.460. The summed E-state index contributed by atoms with van der Waals surface area (Å²) in [6, 6.07) is 1.72. The fourth-order valence-corrected chi connectivity index (χ4v) is 1.70. The molecule has 4 nitrogen and oxygen atoms in total. The number of aryl methyl sites for hydroxylation is 1. The summed E-state index contributed by atoms with van der Waals surface area (Å²) in [6.07, 6.45) is 7.35. The SMILES string of the molecule is C#CC(CCC)NCc1cc(C(=O)OC)c(C)o1. The lowest BCUT2D eigenvalue weighted by molar-refractivity contribution is 0.0599. The molecule has 1 N–H and O–H groups in total. The Balaban J connectivity index is 2.64. The van der Waals surface area contributed by atoms with Crippen LogP contribution in [0.2, 0.25) is 0 Å². The average molecular weight is 249 g/mol. The van der Waals surface area contributed by atoms with E-state index in [1.54, 1.807) is 13.0 Å². The molecule has 0 aliphatic rings. The molecular formula is C14H19NO3. The average Bonchev–Trinajstić information content (AvgIpc) is 2.74. The van der Waals surface area contributed by atoms with Crippen LogP contribution in [0.1, 0.15) is 41.6 Å². The monoisotopic (exact) mass is 249 g/mol. The van der Waals surface area contributed by atoms with Gasteiger partial charge in [-0.3, -0.25) is 5.32 Å². The van der Waals surface area contributed by atoms with E-state index in [2.05, 4.69) is 22.9 Å². The van der Waals surface area contributed by atoms with E-state index in [1.807, 2.05) is 0 Å². The lowest BCUT2D eigenvalue weighted by Crippen LogP contribution is -2.26. The van der Waals surface area contributed by atoms with E-state index in [-0.39, 0.29) is 12.0 Å². The standard InChI is InChI=1S/C14H19NO3/c1-5-7-11(6-2)15-9-12-8-13(10(3)18-12)14(16)17-4/h2,8,11,15H,5,7,9H2,1,3-4H3. The number of esters is 1. The minimum atomic E-state index is -0.385. The Labute approximate surface area is 108 Å². The molecule has 0 amide bonds. The van der Waals surface area contributed by atoms with Gasteiger partial charge in [0.25, 0.3) is 0 Å². The Kier molecular flexibility index (Phi) is 5.47. The second kappa shape index (κ2) is 6.87. The normalized spacial score (nSPS) is 11.9. The van der Waals surface area contributed by atoms with Gasteiger partial charge in [-0.2, -0.15) is 0 Å². The predicted octanol–water partition coefficient (Wildman–Crippen LogP) is 2.27. The van der Waals surface area contributed by atoms with Crippen molar-refractivity contribution < 1.29 is 13.9 Å². The molecule has 0 aliphatic heterocycles. The minimum Gasteiger partial charge on any atom is -0.465 e. The van der Waals surface area contributed by atoms with Crippen molar-refractivity contribution in [3.05, 3.63) is 23.2 Å². The van der Waals surface area contributed by atoms with Gasteiger partial charge in [0.05, 0.1) is 19.7 Å². The molecule has 0 radical (unpaired) electrons. The summed E-state index contributed by atoms with van der Waals surface area (Å²) in [7, 11) is 1.35. The van der Waals surface area contributed by atoms with Crippen molar-refractivity contribution in [3.63, 3.8) is 0 Å². The highest BCUT2D eigenvalue weighted by atomic mass is 16.5. The van der Waals surface area contributed by atoms with E-state index in [1.165, 1.54) is 7.11 Å². The Morgan fingerprint density at radius 1 is 1.67 bits per heavy atom. The first-order valence-corrected chi connectivity index (χ1v) is 5.99. The van der Waals surface area contributed by atoms with Crippen LogP contribution in [0, 0.1) is 19.3 Å². The highest BCUT2D eigenvalue weighted by molar-refractivity contribution is 5.90. The molecule has 0 bridgehead atoms. The number of hydrogen-bond acceptors (Lipinski definition) is 4. The van der Waals surface area contributed by atoms with E-state index in [9.17, 15) is 4.79 Å². The van der Waals surface area contributed by atoms with Crippen LogP contribution in [0.3, 0.4) is 0 Å². The van der Waals surface area contributed by atoms with Crippen molar-refractivity contribution in [1.29, 1.82) is 0 Å². The summed E-state index contributed by atoms with van der Waals surface area (Å²) in [6.45, 7) is 4.32. The van der Waals surface area contributed by atoms with Gasteiger partial charge in [0.2, 0.25) is 0 Å². The number of ether oxygens (including phenoxy) is 1. The number of nitrogens with one attached hydrogen (secondary N) is 1. The van der Waals surface area contributed by atoms with E-state index >= 15 is 0 Å². The Morgan fingerprint density at radius 2 is 2.39 bits per heavy atom. The molecule has 1 heterocycles. The van der Waals surface area contributed by atoms with Gasteiger partial charge in [-0.15, -0.1) is 6.42 Å². The van der Waals surface area contributed by atoms with Crippen molar-refractivity contribution >= 4 is 5.97 Å². The third-order valence-corrected chi connectivity index (χ3v) is 2.68. The largest absolute Gasteiger partial charge is 0.465 e. The van der Waals surface area contributed by atoms with Gasteiger partial charge < -0.3 is 9.15 Å². The van der Waals surface area contributed by atoms with Gasteiger partial charge in [0.15, 0.2) is 0 Å². The molecule has 1 aromatic rings. The topological polar surface area (TPSA) is 51.5 Å². The first kappa shape index (κ1) is 14.3. The second-order valence-corrected chi connectivity index (χ2v) is 4.06. The number of rotatable bonds is 6. The molecule has 4 heteroatoms. The van der Waals surface area contributed by atoms with Crippen LogP contribution in [0.4, 0.5) is 0 Å². The molecule has 0 saturated heterocycles. The fourth-order valence-electron chi connectivity index (χ4n) is 1.70. The number of carbonyl (C=O) groups excluding carboxylic acids is 1. The zero-order chi connectivity index (χ0) is 13.5. The van der Waals surface area contributed by atoms with E-state index in [0.717, 1.165) is 12.8 Å². The molecule has 1 rings (SSSR count). The van der Waals surface area contributed by atoms with Crippen molar-refractivity contribution in [3.8, 4) is 12.3 Å². The highest BCUT2D eigenvalue weighted by Gasteiger charge is 2.15. The Hall–Kier alpha value is -1.73. The molecule has 1 unspecified atom stereocenters. The van der Waals surface area contributed by atoms with Crippen LogP contribution in [0.5, 0.6) is 0 Å². The maximum atomic E-state index is 11.4. The maximum absolute atomic E-state index is 11.4. The second-order valence-electron chi connectivity index (χ2n) is 4.06. The summed E-state index contributed by atoms with van der Waals surface area (Å²) in [4.78, 5) is 11.4. The molecule has 0 saturated carbocycles. The number of terminal acetylenes is 1. The van der Waals surface area contributed by atoms with Crippen molar-refractivity contribution in [2.24, 2.45) is 0 Å². The summed E-state index contributed by atoms with van der Waals surface area (Å²) < 4.78 is 10.1. The number of hydrogen-bond donors (Lipinski definition) is 1. The number of furan rings is 1. The lowest BCUT2D eigenvalue weighted by atomic mass is 10.2. The van der Waals surface area contributed by atoms with E-state index in [0.29, 0.717) is 23.6 Å². The van der Waals surface area contributed by atoms with Crippen LogP contribution >= 0.6 is 0 Å². The van der Waals surface area contributed by atoms with Gasteiger partial charge in [-0.25, -0.2) is 4.79 Å². The predicted molar refractivity (Wildman–Crippen MR) is 69.2 cm³/mol. The Bertz CT molecular complexity index is 442. The van der Waals surface area contributed by atoms with Crippen LogP contribution in [0.15, 0.2) is 10.5 Å². The highest BCUT2D eigenvalue weighted by Crippen LogP contribution is 2.15. The van der Waals surface area contributed by atoms with Crippen molar-refractivity contribution in [2.75, 3.05) is 7.11 Å². The zero-order valence-electron chi connectivity index (χ0n) is 11.1.